The molecule has 124 valence electrons. The highest BCUT2D eigenvalue weighted by atomic mass is 79.9. The number of nitrogens with one attached hydrogen (secondary N) is 1. The molecule has 0 saturated carbocycles. The molecule has 1 amide bonds. The van der Waals surface area contributed by atoms with Gasteiger partial charge in [-0.15, -0.1) is 0 Å². The van der Waals surface area contributed by atoms with E-state index in [1.54, 1.807) is 18.5 Å². The van der Waals surface area contributed by atoms with Gasteiger partial charge in [0.25, 0.3) is 0 Å². The van der Waals surface area contributed by atoms with Crippen LogP contribution in [0.3, 0.4) is 0 Å². The van der Waals surface area contributed by atoms with Crippen molar-refractivity contribution in [3.05, 3.63) is 40.3 Å². The van der Waals surface area contributed by atoms with Gasteiger partial charge in [-0.25, -0.2) is 0 Å². The average Bonchev–Trinajstić information content (AvgIpc) is 2.93. The molecule has 1 atom stereocenters. The van der Waals surface area contributed by atoms with Gasteiger partial charge in [-0.2, -0.15) is 0 Å². The van der Waals surface area contributed by atoms with Gasteiger partial charge in [-0.3, -0.25) is 15.1 Å². The van der Waals surface area contributed by atoms with Gasteiger partial charge in [0.1, 0.15) is 0 Å². The molecule has 0 aliphatic rings. The highest BCUT2D eigenvalue weighted by Crippen LogP contribution is 2.27. The molecular weight excluding hydrogens is 358 g/mol. The number of pyridine rings is 1. The van der Waals surface area contributed by atoms with Crippen molar-refractivity contribution in [3.8, 4) is 0 Å². The fourth-order valence-electron chi connectivity index (χ4n) is 2.25. The van der Waals surface area contributed by atoms with Crippen LogP contribution in [0.25, 0.3) is 0 Å². The van der Waals surface area contributed by atoms with Crippen molar-refractivity contribution in [2.45, 2.75) is 51.9 Å². The second kappa shape index (κ2) is 7.25. The first kappa shape index (κ1) is 17.7. The Morgan fingerprint density at radius 1 is 1.35 bits per heavy atom. The van der Waals surface area contributed by atoms with Crippen molar-refractivity contribution in [1.29, 1.82) is 0 Å². The van der Waals surface area contributed by atoms with Crippen LogP contribution in [0, 0.1) is 0 Å². The van der Waals surface area contributed by atoms with Gasteiger partial charge in [-0.05, 0) is 34.0 Å². The van der Waals surface area contributed by atoms with Crippen LogP contribution >= 0.6 is 15.9 Å². The molecule has 0 aliphatic heterocycles. The zero-order valence-corrected chi connectivity index (χ0v) is 15.5. The van der Waals surface area contributed by atoms with Crippen LogP contribution in [0.1, 0.15) is 57.7 Å². The first-order chi connectivity index (χ1) is 10.8. The van der Waals surface area contributed by atoms with E-state index in [0.717, 1.165) is 28.6 Å². The van der Waals surface area contributed by atoms with Crippen molar-refractivity contribution in [2.24, 2.45) is 0 Å². The Balaban J connectivity index is 2.17. The minimum absolute atomic E-state index is 0.108. The normalized spacial score (nSPS) is 12.9. The first-order valence-corrected chi connectivity index (χ1v) is 8.49. The van der Waals surface area contributed by atoms with E-state index in [2.05, 4.69) is 38.3 Å². The van der Waals surface area contributed by atoms with Crippen molar-refractivity contribution in [2.75, 3.05) is 5.32 Å². The summed E-state index contributed by atoms with van der Waals surface area (Å²) in [7, 11) is 0. The van der Waals surface area contributed by atoms with Gasteiger partial charge in [0.15, 0.2) is 0 Å². The summed E-state index contributed by atoms with van der Waals surface area (Å²) in [4.78, 5) is 16.8. The monoisotopic (exact) mass is 379 g/mol. The van der Waals surface area contributed by atoms with Crippen LogP contribution in [-0.2, 0) is 10.2 Å². The minimum Gasteiger partial charge on any atom is -0.338 e. The molecule has 5 nitrogen and oxygen atoms in total. The predicted octanol–water partition coefficient (Wildman–Crippen LogP) is 4.65. The number of amides is 1. The molecule has 0 aliphatic carbocycles. The molecule has 0 fully saturated rings. The van der Waals surface area contributed by atoms with Gasteiger partial charge < -0.3 is 4.52 Å². The van der Waals surface area contributed by atoms with E-state index < -0.39 is 0 Å². The third kappa shape index (κ3) is 4.64. The van der Waals surface area contributed by atoms with Gasteiger partial charge >= 0.3 is 0 Å². The Kier molecular flexibility index (Phi) is 5.57. The quantitative estimate of drug-likeness (QED) is 0.820. The van der Waals surface area contributed by atoms with Crippen molar-refractivity contribution in [3.63, 3.8) is 0 Å². The third-order valence-electron chi connectivity index (χ3n) is 3.55. The molecule has 0 radical (unpaired) electrons. The predicted molar refractivity (Wildman–Crippen MR) is 93.4 cm³/mol. The number of aromatic nitrogens is 2. The number of anilines is 1. The third-order valence-corrected chi connectivity index (χ3v) is 3.98. The molecule has 0 bridgehead atoms. The van der Waals surface area contributed by atoms with Crippen LogP contribution in [0.15, 0.2) is 33.5 Å². The highest BCUT2D eigenvalue weighted by Gasteiger charge is 2.24. The number of halogens is 1. The van der Waals surface area contributed by atoms with Gasteiger partial charge in [-0.1, -0.05) is 39.3 Å². The number of hydrogen-bond acceptors (Lipinski definition) is 4. The maximum Gasteiger partial charge on any atom is 0.234 e. The Bertz CT molecular complexity index is 676. The highest BCUT2D eigenvalue weighted by molar-refractivity contribution is 9.10. The summed E-state index contributed by atoms with van der Waals surface area (Å²) in [6.45, 7) is 8.19. The summed E-state index contributed by atoms with van der Waals surface area (Å²) in [5.74, 6) is 0.000491. The Labute approximate surface area is 145 Å². The van der Waals surface area contributed by atoms with Crippen molar-refractivity contribution >= 4 is 27.7 Å². The summed E-state index contributed by atoms with van der Waals surface area (Å²) < 4.78 is 6.10. The van der Waals surface area contributed by atoms with E-state index in [4.69, 9.17) is 4.52 Å². The molecule has 2 aromatic heterocycles. The fourth-order valence-corrected chi connectivity index (χ4v) is 2.64. The van der Waals surface area contributed by atoms with E-state index in [9.17, 15) is 4.79 Å². The number of carbonyl (C=O) groups excluding carboxylic acids is 1. The lowest BCUT2D eigenvalue weighted by Crippen LogP contribution is -2.21. The Morgan fingerprint density at radius 2 is 2.09 bits per heavy atom. The summed E-state index contributed by atoms with van der Waals surface area (Å²) >= 11 is 3.40. The van der Waals surface area contributed by atoms with Gasteiger partial charge in [0.05, 0.1) is 11.6 Å². The van der Waals surface area contributed by atoms with Gasteiger partial charge in [0, 0.05) is 28.3 Å². The van der Waals surface area contributed by atoms with Crippen LogP contribution < -0.4 is 5.32 Å². The lowest BCUT2D eigenvalue weighted by molar-refractivity contribution is -0.117. The summed E-state index contributed by atoms with van der Waals surface area (Å²) in [6.07, 6.45) is 5.07. The molecule has 23 heavy (non-hydrogen) atoms. The minimum atomic E-state index is -0.270. The standard InChI is InChI=1S/C17H22BrN3O2/c1-5-6-13(11-7-12(18)10-19-9-11)16(22)20-15-8-14(21-23-15)17(2,3)4/h7-10,13H,5-6H2,1-4H3,(H,20,22). The maximum atomic E-state index is 12.6. The van der Waals surface area contributed by atoms with E-state index in [-0.39, 0.29) is 17.2 Å². The largest absolute Gasteiger partial charge is 0.338 e. The van der Waals surface area contributed by atoms with Crippen LogP contribution in [0.2, 0.25) is 0 Å². The number of carbonyl (C=O) groups is 1. The molecule has 2 heterocycles. The lowest BCUT2D eigenvalue weighted by Gasteiger charge is -2.15. The average molecular weight is 380 g/mol. The molecule has 1 N–H and O–H groups in total. The Hall–Kier alpha value is -1.69. The SMILES string of the molecule is CCCC(C(=O)Nc1cc(C(C)(C)C)no1)c1cncc(Br)c1. The zero-order chi connectivity index (χ0) is 17.0. The van der Waals surface area contributed by atoms with E-state index >= 15 is 0 Å². The first-order valence-electron chi connectivity index (χ1n) is 7.69. The molecular formula is C17H22BrN3O2. The summed E-state index contributed by atoms with van der Waals surface area (Å²) in [6, 6.07) is 3.70. The molecule has 0 aromatic carbocycles. The number of rotatable bonds is 5. The van der Waals surface area contributed by atoms with Crippen LogP contribution in [0.5, 0.6) is 0 Å². The van der Waals surface area contributed by atoms with E-state index in [0.29, 0.717) is 5.88 Å². The fraction of sp³-hybridized carbons (Fsp3) is 0.471. The molecule has 0 spiro atoms. The van der Waals surface area contributed by atoms with Crippen LogP contribution in [-0.4, -0.2) is 16.0 Å². The zero-order valence-electron chi connectivity index (χ0n) is 13.9. The maximum absolute atomic E-state index is 12.6. The molecule has 1 unspecified atom stereocenters. The van der Waals surface area contributed by atoms with Crippen LogP contribution in [0.4, 0.5) is 5.88 Å². The summed E-state index contributed by atoms with van der Waals surface area (Å²) in [5.41, 5.74) is 1.57. The van der Waals surface area contributed by atoms with E-state index in [1.807, 2.05) is 26.8 Å². The van der Waals surface area contributed by atoms with Crippen molar-refractivity contribution < 1.29 is 9.32 Å². The second-order valence-electron chi connectivity index (χ2n) is 6.59. The van der Waals surface area contributed by atoms with E-state index in [1.165, 1.54) is 0 Å². The second-order valence-corrected chi connectivity index (χ2v) is 7.51. The molecule has 6 heteroatoms. The lowest BCUT2D eigenvalue weighted by atomic mass is 9.92. The topological polar surface area (TPSA) is 68.0 Å². The summed E-state index contributed by atoms with van der Waals surface area (Å²) in [5, 5.41) is 6.85. The molecule has 2 rings (SSSR count). The smallest absolute Gasteiger partial charge is 0.234 e. The molecule has 2 aromatic rings. The number of nitrogens with zero attached hydrogens (tertiary/aromatic N) is 2. The Morgan fingerprint density at radius 3 is 2.65 bits per heavy atom. The molecule has 0 saturated heterocycles. The van der Waals surface area contributed by atoms with Gasteiger partial charge in [0.2, 0.25) is 11.8 Å². The number of hydrogen-bond donors (Lipinski definition) is 1. The van der Waals surface area contributed by atoms with Crippen molar-refractivity contribution in [1.82, 2.24) is 10.1 Å².